The Balaban J connectivity index is 1.95. The molecular formula is C13H8N2O6. The molecule has 0 N–H and O–H groups in total. The van der Waals surface area contributed by atoms with Crippen molar-refractivity contribution in [3.8, 4) is 5.75 Å². The van der Waals surface area contributed by atoms with Crippen LogP contribution >= 0.6 is 0 Å². The Morgan fingerprint density at radius 1 is 1.10 bits per heavy atom. The molecule has 0 aliphatic rings. The van der Waals surface area contributed by atoms with E-state index in [0.29, 0.717) is 0 Å². The number of carbonyl (C=O) groups is 2. The Morgan fingerprint density at radius 3 is 2.38 bits per heavy atom. The summed E-state index contributed by atoms with van der Waals surface area (Å²) in [5.41, 5.74) is -0.196. The number of nitro groups is 1. The molecule has 1 heterocycles. The monoisotopic (exact) mass is 288 g/mol. The second kappa shape index (κ2) is 6.24. The molecule has 0 spiro atoms. The highest BCUT2D eigenvalue weighted by Crippen LogP contribution is 2.17. The van der Waals surface area contributed by atoms with Gasteiger partial charge in [0.1, 0.15) is 11.4 Å². The fourth-order valence-corrected chi connectivity index (χ4v) is 1.36. The highest BCUT2D eigenvalue weighted by Gasteiger charge is 2.16. The van der Waals surface area contributed by atoms with Crippen molar-refractivity contribution >= 4 is 17.8 Å². The van der Waals surface area contributed by atoms with Crippen LogP contribution in [0.25, 0.3) is 0 Å². The summed E-state index contributed by atoms with van der Waals surface area (Å²) in [6.07, 6.45) is 0.123. The molecule has 8 nitrogen and oxygen atoms in total. The van der Waals surface area contributed by atoms with E-state index in [-0.39, 0.29) is 17.1 Å². The first kappa shape index (κ1) is 14.1. The Bertz CT molecular complexity index is 669. The van der Waals surface area contributed by atoms with Gasteiger partial charge in [0.25, 0.3) is 5.69 Å². The second-order valence-electron chi connectivity index (χ2n) is 3.71. The van der Waals surface area contributed by atoms with Crippen molar-refractivity contribution in [2.45, 2.75) is 0 Å². The molecule has 0 aliphatic heterocycles. The molecule has 21 heavy (non-hydrogen) atoms. The number of carbonyl (C=O) groups excluding carboxylic acids is 2. The largest absolute Gasteiger partial charge is 0.522 e. The summed E-state index contributed by atoms with van der Waals surface area (Å²) in [6.45, 7) is 0. The van der Waals surface area contributed by atoms with Gasteiger partial charge in [0, 0.05) is 18.3 Å². The predicted molar refractivity (Wildman–Crippen MR) is 68.8 cm³/mol. The van der Waals surface area contributed by atoms with E-state index in [1.165, 1.54) is 24.4 Å². The first-order valence-corrected chi connectivity index (χ1v) is 5.66. The van der Waals surface area contributed by atoms with Crippen LogP contribution < -0.4 is 4.74 Å². The molecule has 2 rings (SSSR count). The standard InChI is InChI=1S/C13H8N2O6/c16-12(11-3-1-2-8-14-11)21-13(17)20-10-6-4-9(5-7-10)15(18)19/h1-8H. The van der Waals surface area contributed by atoms with Gasteiger partial charge in [0.15, 0.2) is 0 Å². The van der Waals surface area contributed by atoms with Crippen LogP contribution in [0.1, 0.15) is 10.5 Å². The highest BCUT2D eigenvalue weighted by molar-refractivity contribution is 5.93. The number of nitrogens with zero attached hydrogens (tertiary/aromatic N) is 2. The maximum atomic E-state index is 11.5. The summed E-state index contributed by atoms with van der Waals surface area (Å²) < 4.78 is 9.13. The van der Waals surface area contributed by atoms with E-state index >= 15 is 0 Å². The number of benzene rings is 1. The van der Waals surface area contributed by atoms with Gasteiger partial charge in [0.2, 0.25) is 0 Å². The van der Waals surface area contributed by atoms with Crippen molar-refractivity contribution in [1.29, 1.82) is 0 Å². The average Bonchev–Trinajstić information content (AvgIpc) is 2.48. The number of hydrogen-bond acceptors (Lipinski definition) is 7. The van der Waals surface area contributed by atoms with Crippen LogP contribution in [0.4, 0.5) is 10.5 Å². The van der Waals surface area contributed by atoms with Crippen LogP contribution in [-0.2, 0) is 4.74 Å². The zero-order valence-electron chi connectivity index (χ0n) is 10.5. The lowest BCUT2D eigenvalue weighted by molar-refractivity contribution is -0.384. The van der Waals surface area contributed by atoms with Crippen LogP contribution in [-0.4, -0.2) is 22.0 Å². The molecule has 0 saturated heterocycles. The molecular weight excluding hydrogens is 280 g/mol. The van der Waals surface area contributed by atoms with Gasteiger partial charge in [-0.25, -0.2) is 14.6 Å². The topological polar surface area (TPSA) is 109 Å². The Hall–Kier alpha value is -3.29. The van der Waals surface area contributed by atoms with Crippen LogP contribution in [0.15, 0.2) is 48.7 Å². The molecule has 0 bridgehead atoms. The molecule has 2 aromatic rings. The number of aromatic nitrogens is 1. The normalized spacial score (nSPS) is 9.71. The fraction of sp³-hybridized carbons (Fsp3) is 0. The first-order valence-electron chi connectivity index (χ1n) is 5.66. The third-order valence-corrected chi connectivity index (χ3v) is 2.30. The van der Waals surface area contributed by atoms with Gasteiger partial charge < -0.3 is 9.47 Å². The van der Waals surface area contributed by atoms with Crippen molar-refractivity contribution in [2.75, 3.05) is 0 Å². The molecule has 1 aromatic carbocycles. The molecule has 0 radical (unpaired) electrons. The van der Waals surface area contributed by atoms with Gasteiger partial charge >= 0.3 is 12.1 Å². The SMILES string of the molecule is O=C(OC(=O)c1ccccn1)Oc1ccc([N+](=O)[O-])cc1. The van der Waals surface area contributed by atoms with E-state index in [9.17, 15) is 19.7 Å². The van der Waals surface area contributed by atoms with Crippen molar-refractivity contribution in [3.05, 3.63) is 64.5 Å². The Kier molecular flexibility index (Phi) is 4.20. The number of nitro benzene ring substituents is 1. The molecule has 8 heteroatoms. The number of rotatable bonds is 3. The maximum absolute atomic E-state index is 11.5. The highest BCUT2D eigenvalue weighted by atomic mass is 16.7. The minimum atomic E-state index is -1.25. The minimum absolute atomic E-state index is 0.0134. The molecule has 0 saturated carbocycles. The molecule has 0 aliphatic carbocycles. The lowest BCUT2D eigenvalue weighted by Gasteiger charge is -2.03. The third-order valence-electron chi connectivity index (χ3n) is 2.30. The summed E-state index contributed by atoms with van der Waals surface area (Å²) in [5, 5.41) is 10.5. The van der Waals surface area contributed by atoms with Gasteiger partial charge in [-0.2, -0.15) is 0 Å². The van der Waals surface area contributed by atoms with Gasteiger partial charge in [-0.05, 0) is 24.3 Å². The quantitative estimate of drug-likeness (QED) is 0.280. The van der Waals surface area contributed by atoms with Crippen molar-refractivity contribution in [2.24, 2.45) is 0 Å². The fourth-order valence-electron chi connectivity index (χ4n) is 1.36. The molecule has 1 aromatic heterocycles. The second-order valence-corrected chi connectivity index (χ2v) is 3.71. The lowest BCUT2D eigenvalue weighted by atomic mass is 10.3. The van der Waals surface area contributed by atoms with E-state index in [1.54, 1.807) is 12.1 Å². The molecule has 106 valence electrons. The Labute approximate surface area is 118 Å². The molecule has 0 atom stereocenters. The summed E-state index contributed by atoms with van der Waals surface area (Å²) in [7, 11) is 0. The molecule has 0 amide bonds. The van der Waals surface area contributed by atoms with Gasteiger partial charge in [0.05, 0.1) is 4.92 Å². The number of esters is 1. The summed E-state index contributed by atoms with van der Waals surface area (Å²) in [5.74, 6) is -0.943. The summed E-state index contributed by atoms with van der Waals surface area (Å²) >= 11 is 0. The van der Waals surface area contributed by atoms with Gasteiger partial charge in [-0.1, -0.05) is 6.07 Å². The van der Waals surface area contributed by atoms with Crippen LogP contribution in [0.2, 0.25) is 0 Å². The van der Waals surface area contributed by atoms with Gasteiger partial charge in [-0.3, -0.25) is 10.1 Å². The number of hydrogen-bond donors (Lipinski definition) is 0. The Morgan fingerprint density at radius 2 is 1.81 bits per heavy atom. The van der Waals surface area contributed by atoms with Crippen molar-refractivity contribution in [1.82, 2.24) is 4.98 Å². The third kappa shape index (κ3) is 3.83. The lowest BCUT2D eigenvalue weighted by Crippen LogP contribution is -2.17. The van der Waals surface area contributed by atoms with Gasteiger partial charge in [-0.15, -0.1) is 0 Å². The van der Waals surface area contributed by atoms with Crippen LogP contribution in [0.3, 0.4) is 0 Å². The van der Waals surface area contributed by atoms with Crippen LogP contribution in [0, 0.1) is 10.1 Å². The number of pyridine rings is 1. The van der Waals surface area contributed by atoms with Crippen LogP contribution in [0.5, 0.6) is 5.75 Å². The first-order chi connectivity index (χ1) is 10.1. The van der Waals surface area contributed by atoms with E-state index in [2.05, 4.69) is 9.72 Å². The van der Waals surface area contributed by atoms with Crippen molar-refractivity contribution in [3.63, 3.8) is 0 Å². The van der Waals surface area contributed by atoms with E-state index in [4.69, 9.17) is 4.74 Å². The predicted octanol–water partition coefficient (Wildman–Crippen LogP) is 2.35. The summed E-state index contributed by atoms with van der Waals surface area (Å²) in [6, 6.07) is 9.28. The maximum Gasteiger partial charge on any atom is 0.522 e. The smallest absolute Gasteiger partial charge is 0.395 e. The minimum Gasteiger partial charge on any atom is -0.395 e. The number of ether oxygens (including phenoxy) is 2. The number of non-ortho nitro benzene ring substituents is 1. The average molecular weight is 288 g/mol. The zero-order chi connectivity index (χ0) is 15.2. The van der Waals surface area contributed by atoms with E-state index in [0.717, 1.165) is 12.1 Å². The molecule has 0 unspecified atom stereocenters. The van der Waals surface area contributed by atoms with E-state index in [1.807, 2.05) is 0 Å². The van der Waals surface area contributed by atoms with E-state index < -0.39 is 17.0 Å². The molecule has 0 fully saturated rings. The van der Waals surface area contributed by atoms with Crippen molar-refractivity contribution < 1.29 is 24.0 Å². The zero-order valence-corrected chi connectivity index (χ0v) is 10.5. The summed E-state index contributed by atoms with van der Waals surface area (Å²) in [4.78, 5) is 36.5.